The molecule has 0 bridgehead atoms. The number of nitrogens with zero attached hydrogens (tertiary/aromatic N) is 2. The zero-order valence-electron chi connectivity index (χ0n) is 25.1. The van der Waals surface area contributed by atoms with Gasteiger partial charge in [-0.05, 0) is 146 Å². The van der Waals surface area contributed by atoms with Gasteiger partial charge in [-0.2, -0.15) is 0 Å². The van der Waals surface area contributed by atoms with Crippen molar-refractivity contribution in [2.24, 2.45) is 0 Å². The molecule has 0 aliphatic rings. The van der Waals surface area contributed by atoms with E-state index in [1.807, 2.05) is 107 Å². The van der Waals surface area contributed by atoms with E-state index < -0.39 is 0 Å². The molecule has 228 valence electrons. The SMILES string of the molecule is O=Cc1ccc(N(c2ccc(C=O)cc2)c2ccc(Oc3ccc(N(c4ccc(C=O)cc4)c4ccc(C=O)cc4)cc3)cc2)cc1. The molecule has 0 saturated heterocycles. The molecule has 47 heavy (non-hydrogen) atoms. The van der Waals surface area contributed by atoms with Crippen LogP contribution >= 0.6 is 0 Å². The van der Waals surface area contributed by atoms with Crippen molar-refractivity contribution in [1.29, 1.82) is 0 Å². The first-order chi connectivity index (χ1) is 23.1. The molecule has 0 spiro atoms. The highest BCUT2D eigenvalue weighted by atomic mass is 16.5. The largest absolute Gasteiger partial charge is 0.457 e. The minimum Gasteiger partial charge on any atom is -0.457 e. The van der Waals surface area contributed by atoms with Gasteiger partial charge in [0, 0.05) is 56.4 Å². The van der Waals surface area contributed by atoms with E-state index >= 15 is 0 Å². The average Bonchev–Trinajstić information content (AvgIpc) is 3.14. The van der Waals surface area contributed by atoms with Gasteiger partial charge in [-0.3, -0.25) is 19.2 Å². The van der Waals surface area contributed by atoms with E-state index in [9.17, 15) is 19.2 Å². The topological polar surface area (TPSA) is 84.0 Å². The number of aldehydes is 4. The van der Waals surface area contributed by atoms with Gasteiger partial charge in [0.1, 0.15) is 36.6 Å². The first kappa shape index (κ1) is 30.4. The second-order valence-electron chi connectivity index (χ2n) is 10.6. The van der Waals surface area contributed by atoms with E-state index in [2.05, 4.69) is 0 Å². The van der Waals surface area contributed by atoms with Gasteiger partial charge in [-0.25, -0.2) is 0 Å². The molecule has 0 fully saturated rings. The molecule has 0 heterocycles. The number of ether oxygens (including phenoxy) is 1. The normalized spacial score (nSPS) is 10.5. The molecule has 0 aliphatic carbocycles. The number of rotatable bonds is 12. The first-order valence-corrected chi connectivity index (χ1v) is 14.8. The number of benzene rings is 6. The van der Waals surface area contributed by atoms with Gasteiger partial charge in [-0.15, -0.1) is 0 Å². The maximum Gasteiger partial charge on any atom is 0.150 e. The predicted molar refractivity (Wildman–Crippen MR) is 184 cm³/mol. The maximum atomic E-state index is 11.2. The van der Waals surface area contributed by atoms with Crippen LogP contribution in [0.1, 0.15) is 41.4 Å². The van der Waals surface area contributed by atoms with Crippen LogP contribution in [0, 0.1) is 0 Å². The fourth-order valence-corrected chi connectivity index (χ4v) is 5.16. The van der Waals surface area contributed by atoms with Crippen LogP contribution < -0.4 is 14.5 Å². The summed E-state index contributed by atoms with van der Waals surface area (Å²) in [5.41, 5.74) is 7.45. The fourth-order valence-electron chi connectivity index (χ4n) is 5.16. The van der Waals surface area contributed by atoms with Gasteiger partial charge in [-0.1, -0.05) is 0 Å². The van der Waals surface area contributed by atoms with Crippen molar-refractivity contribution in [2.75, 3.05) is 9.80 Å². The number of hydrogen-bond acceptors (Lipinski definition) is 7. The number of carbonyl (C=O) groups is 4. The molecule has 0 atom stereocenters. The summed E-state index contributed by atoms with van der Waals surface area (Å²) < 4.78 is 6.20. The van der Waals surface area contributed by atoms with E-state index in [0.29, 0.717) is 33.8 Å². The van der Waals surface area contributed by atoms with Crippen LogP contribution in [0.25, 0.3) is 0 Å². The monoisotopic (exact) mass is 616 g/mol. The Labute approximate surface area is 271 Å². The van der Waals surface area contributed by atoms with Crippen molar-refractivity contribution in [3.63, 3.8) is 0 Å². The molecular weight excluding hydrogens is 588 g/mol. The molecule has 0 unspecified atom stereocenters. The Morgan fingerprint density at radius 2 is 0.489 bits per heavy atom. The van der Waals surface area contributed by atoms with Crippen molar-refractivity contribution in [2.45, 2.75) is 0 Å². The standard InChI is InChI=1S/C40H28N2O5/c43-25-29-1-9-33(10-2-29)41(34-11-3-30(26-44)4-12-34)37-17-21-39(22-18-37)47-40-23-19-38(20-24-40)42(35-13-5-31(27-45)6-14-35)36-15-7-32(28-46)8-16-36/h1-28H. The predicted octanol–water partition coefficient (Wildman–Crippen LogP) is 9.67. The molecule has 0 aromatic heterocycles. The molecule has 0 saturated carbocycles. The van der Waals surface area contributed by atoms with E-state index in [1.165, 1.54) is 0 Å². The second kappa shape index (κ2) is 14.0. The highest BCUT2D eigenvalue weighted by molar-refractivity contribution is 5.84. The summed E-state index contributed by atoms with van der Waals surface area (Å²) in [4.78, 5) is 49.0. The van der Waals surface area contributed by atoms with E-state index in [4.69, 9.17) is 4.74 Å². The molecular formula is C40H28N2O5. The van der Waals surface area contributed by atoms with E-state index in [1.54, 1.807) is 48.5 Å². The summed E-state index contributed by atoms with van der Waals surface area (Å²) in [6.07, 6.45) is 3.23. The third-order valence-electron chi connectivity index (χ3n) is 7.58. The van der Waals surface area contributed by atoms with Crippen LogP contribution in [0.3, 0.4) is 0 Å². The Morgan fingerprint density at radius 3 is 0.681 bits per heavy atom. The Morgan fingerprint density at radius 1 is 0.298 bits per heavy atom. The minimum atomic E-state index is 0.578. The Hall–Kier alpha value is -6.60. The van der Waals surface area contributed by atoms with Crippen molar-refractivity contribution in [1.82, 2.24) is 0 Å². The van der Waals surface area contributed by atoms with Gasteiger partial charge >= 0.3 is 0 Å². The zero-order valence-corrected chi connectivity index (χ0v) is 25.1. The quantitative estimate of drug-likeness (QED) is 0.127. The lowest BCUT2D eigenvalue weighted by atomic mass is 10.1. The van der Waals surface area contributed by atoms with Crippen LogP contribution in [0.5, 0.6) is 11.5 Å². The average molecular weight is 617 g/mol. The molecule has 0 N–H and O–H groups in total. The van der Waals surface area contributed by atoms with Crippen molar-refractivity contribution in [3.05, 3.63) is 168 Å². The Kier molecular flexibility index (Phi) is 9.07. The van der Waals surface area contributed by atoms with Crippen LogP contribution in [0.2, 0.25) is 0 Å². The van der Waals surface area contributed by atoms with Crippen molar-refractivity contribution < 1.29 is 23.9 Å². The third-order valence-corrected chi connectivity index (χ3v) is 7.58. The summed E-state index contributed by atoms with van der Waals surface area (Å²) in [6, 6.07) is 44.4. The second-order valence-corrected chi connectivity index (χ2v) is 10.6. The zero-order chi connectivity index (χ0) is 32.6. The number of carbonyl (C=O) groups excluding carboxylic acids is 4. The molecule has 0 amide bonds. The molecule has 7 heteroatoms. The summed E-state index contributed by atoms with van der Waals surface area (Å²) in [6.45, 7) is 0. The lowest BCUT2D eigenvalue weighted by Gasteiger charge is -2.26. The minimum absolute atomic E-state index is 0.578. The molecule has 0 radical (unpaired) electrons. The van der Waals surface area contributed by atoms with Gasteiger partial charge < -0.3 is 14.5 Å². The van der Waals surface area contributed by atoms with Crippen LogP contribution in [0.15, 0.2) is 146 Å². The lowest BCUT2D eigenvalue weighted by Crippen LogP contribution is -2.10. The molecule has 6 aromatic carbocycles. The highest BCUT2D eigenvalue weighted by Crippen LogP contribution is 2.38. The molecule has 6 aromatic rings. The first-order valence-electron chi connectivity index (χ1n) is 14.8. The number of anilines is 6. The molecule has 7 nitrogen and oxygen atoms in total. The van der Waals surface area contributed by atoms with Crippen LogP contribution in [-0.2, 0) is 0 Å². The summed E-state index contributed by atoms with van der Waals surface area (Å²) in [5.74, 6) is 1.28. The van der Waals surface area contributed by atoms with Crippen LogP contribution in [0.4, 0.5) is 34.1 Å². The lowest BCUT2D eigenvalue weighted by molar-refractivity contribution is 0.111. The molecule has 6 rings (SSSR count). The Bertz CT molecular complexity index is 1730. The van der Waals surface area contributed by atoms with Crippen molar-refractivity contribution >= 4 is 59.3 Å². The van der Waals surface area contributed by atoms with Crippen molar-refractivity contribution in [3.8, 4) is 11.5 Å². The highest BCUT2D eigenvalue weighted by Gasteiger charge is 2.15. The van der Waals surface area contributed by atoms with Gasteiger partial charge in [0.15, 0.2) is 0 Å². The summed E-state index contributed by atoms with van der Waals surface area (Å²) in [7, 11) is 0. The smallest absolute Gasteiger partial charge is 0.150 e. The summed E-state index contributed by atoms with van der Waals surface area (Å²) >= 11 is 0. The van der Waals surface area contributed by atoms with Gasteiger partial charge in [0.2, 0.25) is 0 Å². The van der Waals surface area contributed by atoms with E-state index in [0.717, 1.165) is 59.3 Å². The van der Waals surface area contributed by atoms with Crippen LogP contribution in [-0.4, -0.2) is 25.1 Å². The van der Waals surface area contributed by atoms with E-state index in [-0.39, 0.29) is 0 Å². The summed E-state index contributed by atoms with van der Waals surface area (Å²) in [5, 5.41) is 0. The third kappa shape index (κ3) is 6.90. The molecule has 0 aliphatic heterocycles. The van der Waals surface area contributed by atoms with Gasteiger partial charge in [0.05, 0.1) is 0 Å². The fraction of sp³-hybridized carbons (Fsp3) is 0. The van der Waals surface area contributed by atoms with Gasteiger partial charge in [0.25, 0.3) is 0 Å². The Balaban J connectivity index is 1.25. The maximum absolute atomic E-state index is 11.2. The number of hydrogen-bond donors (Lipinski definition) is 0.